The first-order valence-corrected chi connectivity index (χ1v) is 6.26. The first-order chi connectivity index (χ1) is 10.5. The zero-order valence-corrected chi connectivity index (χ0v) is 16.4. The quantitative estimate of drug-likeness (QED) is 0.444. The number of benzene rings is 1. The molecule has 23 heavy (non-hydrogen) atoms. The Hall–Kier alpha value is -1.76. The molecule has 0 unspecified atom stereocenters. The molecule has 0 aliphatic heterocycles. The van der Waals surface area contributed by atoms with Gasteiger partial charge in [0.2, 0.25) is 0 Å². The van der Waals surface area contributed by atoms with Crippen LogP contribution in [0, 0.1) is 54.6 Å². The van der Waals surface area contributed by atoms with Crippen molar-refractivity contribution in [2.45, 2.75) is 12.8 Å². The van der Waals surface area contributed by atoms with Crippen LogP contribution >= 0.6 is 0 Å². The first-order valence-electron chi connectivity index (χ1n) is 6.26. The topological polar surface area (TPSA) is 63.0 Å². The van der Waals surface area contributed by atoms with Crippen molar-refractivity contribution in [2.24, 2.45) is 0 Å². The molecule has 0 amide bonds. The molecule has 2 aromatic rings. The van der Waals surface area contributed by atoms with Gasteiger partial charge in [-0.2, -0.15) is 50.4 Å². The summed E-state index contributed by atoms with van der Waals surface area (Å²) in [5, 5.41) is 8.27. The molecular formula is C16H12F2N2O2U. The maximum absolute atomic E-state index is 13.2. The van der Waals surface area contributed by atoms with Gasteiger partial charge in [0, 0.05) is 5.69 Å². The van der Waals surface area contributed by atoms with Gasteiger partial charge in [-0.05, 0) is 6.92 Å². The third kappa shape index (κ3) is 6.90. The number of nitrogens with zero attached hydrogens (tertiary/aromatic N) is 2. The summed E-state index contributed by atoms with van der Waals surface area (Å²) in [7, 11) is 0. The number of nitriles is 1. The monoisotopic (exact) mass is 540 g/mol. The molecule has 0 bridgehead atoms. The second kappa shape index (κ2) is 10.9. The summed E-state index contributed by atoms with van der Waals surface area (Å²) in [4.78, 5) is 14.2. The number of esters is 1. The van der Waals surface area contributed by atoms with Gasteiger partial charge in [-0.25, -0.2) is 16.9 Å². The molecule has 0 atom stereocenters. The van der Waals surface area contributed by atoms with Crippen molar-refractivity contribution in [1.29, 1.82) is 5.26 Å². The second-order valence-electron chi connectivity index (χ2n) is 3.84. The molecule has 2 rings (SSSR count). The van der Waals surface area contributed by atoms with Gasteiger partial charge in [-0.15, -0.1) is 0 Å². The van der Waals surface area contributed by atoms with Crippen molar-refractivity contribution in [3.05, 3.63) is 66.0 Å². The Morgan fingerprint density at radius 2 is 1.91 bits per heavy atom. The van der Waals surface area contributed by atoms with Crippen LogP contribution in [0.3, 0.4) is 0 Å². The molecule has 116 valence electrons. The van der Waals surface area contributed by atoms with E-state index < -0.39 is 17.6 Å². The van der Waals surface area contributed by atoms with E-state index in [1.54, 1.807) is 24.3 Å². The fourth-order valence-electron chi connectivity index (χ4n) is 1.29. The number of aromatic nitrogens is 1. The van der Waals surface area contributed by atoms with Gasteiger partial charge in [-0.3, -0.25) is 4.98 Å². The molecule has 0 spiro atoms. The van der Waals surface area contributed by atoms with Crippen LogP contribution in [0.15, 0.2) is 42.6 Å². The van der Waals surface area contributed by atoms with Crippen molar-refractivity contribution in [2.75, 3.05) is 6.61 Å². The molecule has 0 saturated heterocycles. The van der Waals surface area contributed by atoms with Crippen molar-refractivity contribution >= 4 is 5.97 Å². The van der Waals surface area contributed by atoms with E-state index >= 15 is 0 Å². The van der Waals surface area contributed by atoms with E-state index in [0.717, 1.165) is 12.3 Å². The number of alkyl halides is 2. The van der Waals surface area contributed by atoms with Crippen LogP contribution in [0.25, 0.3) is 0 Å². The molecule has 0 N–H and O–H groups in total. The van der Waals surface area contributed by atoms with Gasteiger partial charge in [0.1, 0.15) is 0 Å². The van der Waals surface area contributed by atoms with Crippen LogP contribution in [0.5, 0.6) is 0 Å². The smallest absolute Gasteiger partial charge is 0.461 e. The van der Waals surface area contributed by atoms with Crippen LogP contribution in [0.4, 0.5) is 8.78 Å². The standard InChI is InChI=1S/C9H8F2NO2.C7H4N.U/c1-2-14-8(13)9(10,11)7-5-3-4-6-12-7;8-6-7-4-2-1-3-5-7;/h3,5-6H,2H2,1H3;2-5H;/q2*-1;+2. The second-order valence-corrected chi connectivity index (χ2v) is 3.84. The molecule has 1 heterocycles. The number of halogens is 2. The van der Waals surface area contributed by atoms with Gasteiger partial charge in [0.15, 0.2) is 0 Å². The summed E-state index contributed by atoms with van der Waals surface area (Å²) >= 11 is 0. The summed E-state index contributed by atoms with van der Waals surface area (Å²) < 4.78 is 30.6. The molecule has 0 aliphatic rings. The van der Waals surface area contributed by atoms with E-state index in [4.69, 9.17) is 5.26 Å². The maximum atomic E-state index is 13.2. The van der Waals surface area contributed by atoms with Crippen LogP contribution in [0.1, 0.15) is 18.2 Å². The first kappa shape index (κ1) is 21.2. The zero-order chi connectivity index (χ0) is 16.4. The van der Waals surface area contributed by atoms with Gasteiger partial charge >= 0.3 is 43.0 Å². The summed E-state index contributed by atoms with van der Waals surface area (Å²) in [6.45, 7) is 1.37. The van der Waals surface area contributed by atoms with Crippen LogP contribution in [-0.4, -0.2) is 17.6 Å². The Kier molecular flexibility index (Phi) is 10.1. The minimum Gasteiger partial charge on any atom is -0.461 e. The van der Waals surface area contributed by atoms with Gasteiger partial charge in [-0.1, -0.05) is 11.8 Å². The fourth-order valence-corrected chi connectivity index (χ4v) is 1.29. The van der Waals surface area contributed by atoms with Crippen LogP contribution < -0.4 is 0 Å². The number of hydrogen-bond acceptors (Lipinski definition) is 4. The zero-order valence-electron chi connectivity index (χ0n) is 12.2. The van der Waals surface area contributed by atoms with E-state index in [1.807, 2.05) is 6.07 Å². The summed E-state index contributed by atoms with van der Waals surface area (Å²) in [6, 6.07) is 16.5. The molecule has 0 aliphatic carbocycles. The van der Waals surface area contributed by atoms with E-state index in [-0.39, 0.29) is 37.7 Å². The molecule has 1 aromatic carbocycles. The Morgan fingerprint density at radius 3 is 2.35 bits per heavy atom. The summed E-state index contributed by atoms with van der Waals surface area (Å²) in [5.41, 5.74) is 0.0541. The van der Waals surface area contributed by atoms with E-state index in [2.05, 4.69) is 21.9 Å². The van der Waals surface area contributed by atoms with Gasteiger partial charge < -0.3 is 4.74 Å². The van der Waals surface area contributed by atoms with Crippen molar-refractivity contribution in [3.63, 3.8) is 0 Å². The summed E-state index contributed by atoms with van der Waals surface area (Å²) in [5.74, 6) is -5.27. The Bertz CT molecular complexity index is 632. The van der Waals surface area contributed by atoms with Crippen LogP contribution in [-0.2, 0) is 15.5 Å². The molecular weight excluding hydrogens is 528 g/mol. The third-order valence-corrected chi connectivity index (χ3v) is 2.32. The minimum absolute atomic E-state index is 0. The third-order valence-electron chi connectivity index (χ3n) is 2.32. The van der Waals surface area contributed by atoms with Gasteiger partial charge in [0.05, 0.1) is 12.7 Å². The average molecular weight is 540 g/mol. The molecule has 0 radical (unpaired) electrons. The van der Waals surface area contributed by atoms with Gasteiger partial charge in [0.25, 0.3) is 0 Å². The minimum atomic E-state index is -3.69. The SMILES string of the molecule is CCOC(=O)C(F)(F)c1cc[c-]cn1.N#Cc1cc[c-]cc1.[U+2]. The number of hydrogen-bond donors (Lipinski definition) is 0. The van der Waals surface area contributed by atoms with Crippen LogP contribution in [0.2, 0.25) is 0 Å². The van der Waals surface area contributed by atoms with E-state index in [0.29, 0.717) is 5.56 Å². The van der Waals surface area contributed by atoms with Crippen molar-refractivity contribution in [1.82, 2.24) is 4.98 Å². The maximum Gasteiger partial charge on any atom is 2.00 e. The van der Waals surface area contributed by atoms with Crippen molar-refractivity contribution in [3.8, 4) is 6.07 Å². The Labute approximate surface area is 156 Å². The Balaban J connectivity index is 0.000000460. The fraction of sp³-hybridized carbons (Fsp3) is 0.188. The number of pyridine rings is 1. The summed E-state index contributed by atoms with van der Waals surface area (Å²) in [6.07, 6.45) is 1.07. The predicted molar refractivity (Wildman–Crippen MR) is 73.6 cm³/mol. The van der Waals surface area contributed by atoms with E-state index in [1.165, 1.54) is 13.0 Å². The average Bonchev–Trinajstić information content (AvgIpc) is 2.57. The number of carbonyl (C=O) groups excluding carboxylic acids is 1. The number of rotatable bonds is 3. The molecule has 4 nitrogen and oxygen atoms in total. The molecule has 7 heteroatoms. The molecule has 0 fully saturated rings. The molecule has 1 aromatic heterocycles. The largest absolute Gasteiger partial charge is 2.00 e. The Morgan fingerprint density at radius 1 is 1.30 bits per heavy atom. The van der Waals surface area contributed by atoms with E-state index in [9.17, 15) is 13.6 Å². The molecule has 0 saturated carbocycles. The number of carbonyl (C=O) groups is 1. The predicted octanol–water partition coefficient (Wildman–Crippen LogP) is 2.90. The normalized spacial score (nSPS) is 9.48. The van der Waals surface area contributed by atoms with Crippen molar-refractivity contribution < 1.29 is 49.4 Å². The number of ether oxygens (including phenoxy) is 1.